The average molecular weight is 324 g/mol. The number of amides is 1. The molecule has 1 unspecified atom stereocenters. The minimum Gasteiger partial charge on any atom is -0.480 e. The fourth-order valence-corrected chi connectivity index (χ4v) is 2.12. The van der Waals surface area contributed by atoms with Crippen LogP contribution < -0.4 is 10.1 Å². The van der Waals surface area contributed by atoms with E-state index in [0.29, 0.717) is 30.2 Å². The third-order valence-corrected chi connectivity index (χ3v) is 3.42. The number of benzene rings is 2. The summed E-state index contributed by atoms with van der Waals surface area (Å²) >= 11 is 0. The van der Waals surface area contributed by atoms with Crippen LogP contribution in [-0.2, 0) is 16.1 Å². The zero-order valence-corrected chi connectivity index (χ0v) is 13.8. The van der Waals surface area contributed by atoms with E-state index in [0.717, 1.165) is 5.56 Å². The molecule has 2 rings (SSSR count). The van der Waals surface area contributed by atoms with Crippen LogP contribution in [0.4, 0.5) is 5.69 Å². The maximum Gasteiger partial charge on any atom is 0.265 e. The molecular formula is C19H20N2O3. The second-order valence-corrected chi connectivity index (χ2v) is 5.15. The molecular weight excluding hydrogens is 304 g/mol. The van der Waals surface area contributed by atoms with Gasteiger partial charge in [-0.25, -0.2) is 0 Å². The van der Waals surface area contributed by atoms with E-state index in [4.69, 9.17) is 14.7 Å². The van der Waals surface area contributed by atoms with Crippen molar-refractivity contribution in [1.82, 2.24) is 0 Å². The third kappa shape index (κ3) is 4.58. The molecule has 0 bridgehead atoms. The molecule has 0 heterocycles. The Bertz CT molecular complexity index is 737. The number of nitrogens with zero attached hydrogens (tertiary/aromatic N) is 1. The lowest BCUT2D eigenvalue weighted by Gasteiger charge is -2.17. The SMILES string of the molecule is CCOCc1ccccc1NC(=O)C(C)Oc1ccccc1C#N. The Hall–Kier alpha value is -2.84. The Labute approximate surface area is 141 Å². The van der Waals surface area contributed by atoms with Crippen molar-refractivity contribution in [2.75, 3.05) is 11.9 Å². The second-order valence-electron chi connectivity index (χ2n) is 5.15. The molecule has 0 aromatic heterocycles. The van der Waals surface area contributed by atoms with Gasteiger partial charge in [-0.3, -0.25) is 4.79 Å². The molecule has 0 aliphatic heterocycles. The zero-order chi connectivity index (χ0) is 17.4. The van der Waals surface area contributed by atoms with E-state index >= 15 is 0 Å². The minimum absolute atomic E-state index is 0.285. The van der Waals surface area contributed by atoms with Crippen LogP contribution in [0.25, 0.3) is 0 Å². The van der Waals surface area contributed by atoms with Crippen LogP contribution in [0.15, 0.2) is 48.5 Å². The fourth-order valence-electron chi connectivity index (χ4n) is 2.12. The number of hydrogen-bond donors (Lipinski definition) is 1. The number of ether oxygens (including phenoxy) is 2. The first kappa shape index (κ1) is 17.5. The highest BCUT2D eigenvalue weighted by Gasteiger charge is 2.17. The molecule has 5 heteroatoms. The summed E-state index contributed by atoms with van der Waals surface area (Å²) in [4.78, 5) is 12.4. The molecule has 1 amide bonds. The highest BCUT2D eigenvalue weighted by molar-refractivity contribution is 5.94. The van der Waals surface area contributed by atoms with E-state index < -0.39 is 6.10 Å². The molecule has 0 saturated heterocycles. The van der Waals surface area contributed by atoms with Gasteiger partial charge in [0.15, 0.2) is 6.10 Å². The molecule has 0 aliphatic carbocycles. The highest BCUT2D eigenvalue weighted by Crippen LogP contribution is 2.20. The van der Waals surface area contributed by atoms with E-state index in [1.807, 2.05) is 37.3 Å². The molecule has 2 aromatic rings. The quantitative estimate of drug-likeness (QED) is 0.846. The number of carbonyl (C=O) groups excluding carboxylic acids is 1. The Morgan fingerprint density at radius 1 is 1.21 bits per heavy atom. The lowest BCUT2D eigenvalue weighted by atomic mass is 10.2. The summed E-state index contributed by atoms with van der Waals surface area (Å²) in [5, 5.41) is 11.9. The average Bonchev–Trinajstić information content (AvgIpc) is 2.61. The van der Waals surface area contributed by atoms with E-state index in [1.165, 1.54) is 0 Å². The summed E-state index contributed by atoms with van der Waals surface area (Å²) < 4.78 is 11.0. The number of nitrogens with one attached hydrogen (secondary N) is 1. The summed E-state index contributed by atoms with van der Waals surface area (Å²) in [5.41, 5.74) is 1.99. The van der Waals surface area contributed by atoms with Crippen molar-refractivity contribution in [2.45, 2.75) is 26.6 Å². The standard InChI is InChI=1S/C19H20N2O3/c1-3-23-13-16-9-4-6-10-17(16)21-19(22)14(2)24-18-11-7-5-8-15(18)12-20/h4-11,14H,3,13H2,1-2H3,(H,21,22). The fraction of sp³-hybridized carbons (Fsp3) is 0.263. The molecule has 0 fully saturated rings. The summed E-state index contributed by atoms with van der Waals surface area (Å²) in [6.07, 6.45) is -0.736. The van der Waals surface area contributed by atoms with Gasteiger partial charge in [-0.05, 0) is 32.0 Å². The molecule has 2 aromatic carbocycles. The van der Waals surface area contributed by atoms with Crippen molar-refractivity contribution in [1.29, 1.82) is 5.26 Å². The Morgan fingerprint density at radius 3 is 2.67 bits per heavy atom. The van der Waals surface area contributed by atoms with E-state index in [2.05, 4.69) is 5.32 Å². The van der Waals surface area contributed by atoms with E-state index in [1.54, 1.807) is 31.2 Å². The largest absolute Gasteiger partial charge is 0.480 e. The third-order valence-electron chi connectivity index (χ3n) is 3.42. The van der Waals surface area contributed by atoms with Gasteiger partial charge in [0, 0.05) is 17.9 Å². The van der Waals surface area contributed by atoms with Crippen molar-refractivity contribution in [2.24, 2.45) is 0 Å². The minimum atomic E-state index is -0.736. The molecule has 5 nitrogen and oxygen atoms in total. The van der Waals surface area contributed by atoms with Crippen LogP contribution >= 0.6 is 0 Å². The Morgan fingerprint density at radius 2 is 1.92 bits per heavy atom. The molecule has 24 heavy (non-hydrogen) atoms. The maximum absolute atomic E-state index is 12.4. The maximum atomic E-state index is 12.4. The smallest absolute Gasteiger partial charge is 0.265 e. The predicted molar refractivity (Wildman–Crippen MR) is 91.6 cm³/mol. The molecule has 0 spiro atoms. The first-order valence-corrected chi connectivity index (χ1v) is 7.78. The van der Waals surface area contributed by atoms with Gasteiger partial charge >= 0.3 is 0 Å². The lowest BCUT2D eigenvalue weighted by molar-refractivity contribution is -0.122. The van der Waals surface area contributed by atoms with Crippen LogP contribution in [0.3, 0.4) is 0 Å². The summed E-state index contributed by atoms with van der Waals surface area (Å²) in [6.45, 7) is 4.60. The van der Waals surface area contributed by atoms with Crippen molar-refractivity contribution in [3.63, 3.8) is 0 Å². The summed E-state index contributed by atoms with van der Waals surface area (Å²) in [7, 11) is 0. The van der Waals surface area contributed by atoms with Gasteiger partial charge in [-0.1, -0.05) is 30.3 Å². The monoisotopic (exact) mass is 324 g/mol. The van der Waals surface area contributed by atoms with Gasteiger partial charge in [0.25, 0.3) is 5.91 Å². The van der Waals surface area contributed by atoms with Gasteiger partial charge in [0.1, 0.15) is 11.8 Å². The Kier molecular flexibility index (Phi) is 6.35. The van der Waals surface area contributed by atoms with Crippen molar-refractivity contribution in [3.05, 3.63) is 59.7 Å². The summed E-state index contributed by atoms with van der Waals surface area (Å²) in [5.74, 6) is 0.108. The lowest BCUT2D eigenvalue weighted by Crippen LogP contribution is -2.30. The van der Waals surface area contributed by atoms with Gasteiger partial charge in [0.05, 0.1) is 12.2 Å². The zero-order valence-electron chi connectivity index (χ0n) is 13.8. The first-order valence-electron chi connectivity index (χ1n) is 7.78. The topological polar surface area (TPSA) is 71.3 Å². The first-order chi connectivity index (χ1) is 11.7. The Balaban J connectivity index is 2.06. The molecule has 0 saturated carbocycles. The normalized spacial score (nSPS) is 11.4. The van der Waals surface area contributed by atoms with E-state index in [9.17, 15) is 4.79 Å². The van der Waals surface area contributed by atoms with Crippen LogP contribution in [0.2, 0.25) is 0 Å². The molecule has 1 atom stereocenters. The molecule has 0 radical (unpaired) electrons. The second kappa shape index (κ2) is 8.70. The van der Waals surface area contributed by atoms with Crippen molar-refractivity contribution in [3.8, 4) is 11.8 Å². The van der Waals surface area contributed by atoms with Gasteiger partial charge < -0.3 is 14.8 Å². The summed E-state index contributed by atoms with van der Waals surface area (Å²) in [6, 6.07) is 16.4. The number of nitriles is 1. The number of anilines is 1. The van der Waals surface area contributed by atoms with Crippen molar-refractivity contribution < 1.29 is 14.3 Å². The van der Waals surface area contributed by atoms with Crippen LogP contribution in [-0.4, -0.2) is 18.6 Å². The number of carbonyl (C=O) groups is 1. The number of para-hydroxylation sites is 2. The molecule has 1 N–H and O–H groups in total. The van der Waals surface area contributed by atoms with Crippen molar-refractivity contribution >= 4 is 11.6 Å². The van der Waals surface area contributed by atoms with Crippen LogP contribution in [0.5, 0.6) is 5.75 Å². The van der Waals surface area contributed by atoms with Crippen LogP contribution in [0, 0.1) is 11.3 Å². The van der Waals surface area contributed by atoms with Gasteiger partial charge in [-0.2, -0.15) is 5.26 Å². The molecule has 0 aliphatic rings. The van der Waals surface area contributed by atoms with Crippen LogP contribution in [0.1, 0.15) is 25.0 Å². The van der Waals surface area contributed by atoms with E-state index in [-0.39, 0.29) is 5.91 Å². The predicted octanol–water partition coefficient (Wildman–Crippen LogP) is 3.50. The molecule has 124 valence electrons. The highest BCUT2D eigenvalue weighted by atomic mass is 16.5. The number of rotatable bonds is 7. The van der Waals surface area contributed by atoms with Gasteiger partial charge in [-0.15, -0.1) is 0 Å². The number of hydrogen-bond acceptors (Lipinski definition) is 4. The van der Waals surface area contributed by atoms with Gasteiger partial charge in [0.2, 0.25) is 0 Å².